The Bertz CT molecular complexity index is 1030. The zero-order valence-corrected chi connectivity index (χ0v) is 15.0. The maximum atomic E-state index is 4.65. The Morgan fingerprint density at radius 1 is 1.04 bits per heavy atom. The van der Waals surface area contributed by atoms with E-state index in [9.17, 15) is 0 Å². The van der Waals surface area contributed by atoms with Crippen molar-refractivity contribution >= 4 is 22.8 Å². The van der Waals surface area contributed by atoms with Gasteiger partial charge in [0.1, 0.15) is 11.6 Å². The summed E-state index contributed by atoms with van der Waals surface area (Å²) in [5.41, 5.74) is 1.75. The zero-order chi connectivity index (χ0) is 17.3. The van der Waals surface area contributed by atoms with Gasteiger partial charge >= 0.3 is 0 Å². The highest BCUT2D eigenvalue weighted by Crippen LogP contribution is 2.21. The lowest BCUT2D eigenvalue weighted by molar-refractivity contribution is 0.609. The van der Waals surface area contributed by atoms with Crippen molar-refractivity contribution in [1.82, 2.24) is 34.6 Å². The molecule has 1 aliphatic rings. The largest absolute Gasteiger partial charge is 0.361 e. The standard InChI is InChI=1S/C17H18N8S/c1-2-4-14-19-21-16(24(14)8-3-1)10-18-13-5-6-15-20-22-17(25(15)23-13)12-7-9-26-11-12/h5-7,9,11H,1-4,8,10H2,(H,18,23). The molecule has 5 heterocycles. The van der Waals surface area contributed by atoms with Gasteiger partial charge in [-0.1, -0.05) is 6.42 Å². The van der Waals surface area contributed by atoms with Crippen LogP contribution in [0.5, 0.6) is 0 Å². The molecule has 0 atom stereocenters. The van der Waals surface area contributed by atoms with E-state index in [0.717, 1.165) is 47.5 Å². The van der Waals surface area contributed by atoms with Gasteiger partial charge in [0, 0.05) is 23.9 Å². The topological polar surface area (TPSA) is 85.8 Å². The molecule has 26 heavy (non-hydrogen) atoms. The highest BCUT2D eigenvalue weighted by molar-refractivity contribution is 7.08. The van der Waals surface area contributed by atoms with Crippen molar-refractivity contribution in [1.29, 1.82) is 0 Å². The molecule has 4 aromatic rings. The molecule has 0 spiro atoms. The van der Waals surface area contributed by atoms with Gasteiger partial charge in [-0.05, 0) is 36.4 Å². The van der Waals surface area contributed by atoms with Gasteiger partial charge in [0.25, 0.3) is 0 Å². The summed E-state index contributed by atoms with van der Waals surface area (Å²) in [7, 11) is 0. The molecule has 5 rings (SSSR count). The number of hydrogen-bond acceptors (Lipinski definition) is 7. The van der Waals surface area contributed by atoms with E-state index < -0.39 is 0 Å². The van der Waals surface area contributed by atoms with Crippen LogP contribution in [0.25, 0.3) is 17.0 Å². The van der Waals surface area contributed by atoms with Gasteiger partial charge in [-0.3, -0.25) is 0 Å². The molecular formula is C17H18N8S. The molecule has 0 aliphatic carbocycles. The minimum Gasteiger partial charge on any atom is -0.361 e. The lowest BCUT2D eigenvalue weighted by Gasteiger charge is -2.08. The third-order valence-corrected chi connectivity index (χ3v) is 5.34. The number of aryl methyl sites for hydroxylation is 1. The van der Waals surface area contributed by atoms with Gasteiger partial charge in [-0.25, -0.2) is 0 Å². The van der Waals surface area contributed by atoms with E-state index in [0.29, 0.717) is 6.54 Å². The van der Waals surface area contributed by atoms with E-state index >= 15 is 0 Å². The molecule has 0 aromatic carbocycles. The molecule has 8 nitrogen and oxygen atoms in total. The molecule has 9 heteroatoms. The monoisotopic (exact) mass is 366 g/mol. The summed E-state index contributed by atoms with van der Waals surface area (Å²) in [6.07, 6.45) is 4.66. The van der Waals surface area contributed by atoms with Crippen LogP contribution in [0.15, 0.2) is 29.0 Å². The van der Waals surface area contributed by atoms with Crippen LogP contribution in [0, 0.1) is 0 Å². The predicted octanol–water partition coefficient (Wildman–Crippen LogP) is 2.78. The first kappa shape index (κ1) is 15.4. The Kier molecular flexibility index (Phi) is 3.85. The van der Waals surface area contributed by atoms with Crippen molar-refractivity contribution in [3.63, 3.8) is 0 Å². The van der Waals surface area contributed by atoms with Crippen LogP contribution in [0.4, 0.5) is 5.82 Å². The molecule has 0 saturated heterocycles. The number of hydrogen-bond donors (Lipinski definition) is 1. The maximum Gasteiger partial charge on any atom is 0.186 e. The second kappa shape index (κ2) is 6.49. The quantitative estimate of drug-likeness (QED) is 0.598. The maximum absolute atomic E-state index is 4.65. The van der Waals surface area contributed by atoms with E-state index in [-0.39, 0.29) is 0 Å². The zero-order valence-electron chi connectivity index (χ0n) is 14.2. The molecule has 0 fully saturated rings. The summed E-state index contributed by atoms with van der Waals surface area (Å²) in [5, 5.41) is 29.2. The van der Waals surface area contributed by atoms with Crippen LogP contribution in [-0.2, 0) is 19.5 Å². The number of nitrogens with zero attached hydrogens (tertiary/aromatic N) is 7. The lowest BCUT2D eigenvalue weighted by atomic mass is 10.2. The highest BCUT2D eigenvalue weighted by atomic mass is 32.1. The van der Waals surface area contributed by atoms with Crippen molar-refractivity contribution in [2.45, 2.75) is 38.8 Å². The highest BCUT2D eigenvalue weighted by Gasteiger charge is 2.15. The van der Waals surface area contributed by atoms with Gasteiger partial charge < -0.3 is 9.88 Å². The van der Waals surface area contributed by atoms with Gasteiger partial charge in [0.15, 0.2) is 17.3 Å². The fourth-order valence-electron chi connectivity index (χ4n) is 3.30. The smallest absolute Gasteiger partial charge is 0.186 e. The molecular weight excluding hydrogens is 348 g/mol. The molecule has 0 amide bonds. The van der Waals surface area contributed by atoms with Crippen LogP contribution in [0.2, 0.25) is 0 Å². The van der Waals surface area contributed by atoms with E-state index in [4.69, 9.17) is 0 Å². The number of thiophene rings is 1. The average Bonchev–Trinajstić information content (AvgIpc) is 3.37. The fraction of sp³-hybridized carbons (Fsp3) is 0.353. The SMILES string of the molecule is c1cc(-c2nnc3ccc(NCc4nnc5n4CCCCC5)nn23)cs1. The number of anilines is 1. The normalized spacial score (nSPS) is 14.3. The summed E-state index contributed by atoms with van der Waals surface area (Å²) in [6, 6.07) is 5.86. The molecule has 1 aliphatic heterocycles. The predicted molar refractivity (Wildman–Crippen MR) is 99.0 cm³/mol. The molecule has 1 N–H and O–H groups in total. The molecule has 0 saturated carbocycles. The Hall–Kier alpha value is -2.81. The summed E-state index contributed by atoms with van der Waals surface area (Å²) >= 11 is 1.63. The number of rotatable bonds is 4. The number of aromatic nitrogens is 7. The van der Waals surface area contributed by atoms with Crippen LogP contribution in [-0.4, -0.2) is 34.6 Å². The minimum absolute atomic E-state index is 0.599. The Morgan fingerprint density at radius 2 is 2.04 bits per heavy atom. The first-order valence-electron chi connectivity index (χ1n) is 8.78. The summed E-state index contributed by atoms with van der Waals surface area (Å²) in [5.74, 6) is 3.58. The van der Waals surface area contributed by atoms with E-state index in [2.05, 4.69) is 35.4 Å². The van der Waals surface area contributed by atoms with E-state index in [1.54, 1.807) is 15.9 Å². The van der Waals surface area contributed by atoms with E-state index in [1.165, 1.54) is 19.3 Å². The summed E-state index contributed by atoms with van der Waals surface area (Å²) in [6.45, 7) is 1.60. The number of fused-ring (bicyclic) bond motifs is 2. The van der Waals surface area contributed by atoms with Crippen LogP contribution >= 0.6 is 11.3 Å². The second-order valence-electron chi connectivity index (χ2n) is 6.37. The molecule has 0 unspecified atom stereocenters. The third-order valence-electron chi connectivity index (χ3n) is 4.66. The van der Waals surface area contributed by atoms with Crippen molar-refractivity contribution in [3.05, 3.63) is 40.6 Å². The first-order chi connectivity index (χ1) is 12.9. The average molecular weight is 366 g/mol. The van der Waals surface area contributed by atoms with Crippen molar-refractivity contribution in [2.75, 3.05) is 5.32 Å². The van der Waals surface area contributed by atoms with Gasteiger partial charge in [-0.2, -0.15) is 15.9 Å². The van der Waals surface area contributed by atoms with Crippen LogP contribution < -0.4 is 5.32 Å². The van der Waals surface area contributed by atoms with E-state index in [1.807, 2.05) is 29.0 Å². The van der Waals surface area contributed by atoms with Crippen molar-refractivity contribution < 1.29 is 0 Å². The van der Waals surface area contributed by atoms with Gasteiger partial charge in [0.05, 0.1) is 6.54 Å². The van der Waals surface area contributed by atoms with Crippen molar-refractivity contribution in [2.24, 2.45) is 0 Å². The fourth-order valence-corrected chi connectivity index (χ4v) is 3.93. The summed E-state index contributed by atoms with van der Waals surface area (Å²) < 4.78 is 4.02. The van der Waals surface area contributed by atoms with Crippen LogP contribution in [0.3, 0.4) is 0 Å². The molecule has 132 valence electrons. The van der Waals surface area contributed by atoms with Gasteiger partial charge in [0.2, 0.25) is 0 Å². The first-order valence-corrected chi connectivity index (χ1v) is 9.72. The number of nitrogens with one attached hydrogen (secondary N) is 1. The van der Waals surface area contributed by atoms with Crippen molar-refractivity contribution in [3.8, 4) is 11.4 Å². The lowest BCUT2D eigenvalue weighted by Crippen LogP contribution is -2.11. The molecule has 4 aromatic heterocycles. The Labute approximate surface area is 153 Å². The second-order valence-corrected chi connectivity index (χ2v) is 7.15. The summed E-state index contributed by atoms with van der Waals surface area (Å²) in [4.78, 5) is 0. The van der Waals surface area contributed by atoms with Crippen LogP contribution in [0.1, 0.15) is 30.9 Å². The Morgan fingerprint density at radius 3 is 2.96 bits per heavy atom. The Balaban J connectivity index is 1.40. The molecule has 0 bridgehead atoms. The minimum atomic E-state index is 0.599. The third kappa shape index (κ3) is 2.74. The van der Waals surface area contributed by atoms with Gasteiger partial charge in [-0.15, -0.1) is 25.5 Å². The molecule has 0 radical (unpaired) electrons.